The van der Waals surface area contributed by atoms with E-state index < -0.39 is 0 Å². The van der Waals surface area contributed by atoms with Gasteiger partial charge < -0.3 is 0 Å². The van der Waals surface area contributed by atoms with Gasteiger partial charge in [-0.1, -0.05) is 130 Å². The van der Waals surface area contributed by atoms with Gasteiger partial charge in [-0.2, -0.15) is 0 Å². The zero-order valence-corrected chi connectivity index (χ0v) is 23.9. The van der Waals surface area contributed by atoms with Crippen molar-refractivity contribution >= 4 is 55.7 Å². The van der Waals surface area contributed by atoms with E-state index in [0.29, 0.717) is 11.1 Å². The molecule has 0 spiro atoms. The van der Waals surface area contributed by atoms with Crippen LogP contribution in [-0.4, -0.2) is 12.6 Å². The lowest BCUT2D eigenvalue weighted by Gasteiger charge is -2.24. The maximum atomic E-state index is 12.6. The Morgan fingerprint density at radius 2 is 0.857 bits per heavy atom. The van der Waals surface area contributed by atoms with Gasteiger partial charge in [0.25, 0.3) is 0 Å². The van der Waals surface area contributed by atoms with Gasteiger partial charge in [-0.3, -0.25) is 9.59 Å². The van der Waals surface area contributed by atoms with E-state index in [1.807, 2.05) is 48.5 Å². The summed E-state index contributed by atoms with van der Waals surface area (Å²) >= 11 is 0. The predicted molar refractivity (Wildman–Crippen MR) is 177 cm³/mol. The Morgan fingerprint density at radius 1 is 0.429 bits per heavy atom. The number of hydrogen-bond donors (Lipinski definition) is 0. The van der Waals surface area contributed by atoms with Crippen LogP contribution in [0.5, 0.6) is 0 Å². The zero-order valence-electron chi connectivity index (χ0n) is 23.9. The number of rotatable bonds is 4. The van der Waals surface area contributed by atoms with Crippen LogP contribution in [0.25, 0.3) is 65.3 Å². The van der Waals surface area contributed by atoms with Crippen molar-refractivity contribution in [2.75, 3.05) is 0 Å². The topological polar surface area (TPSA) is 34.1 Å². The van der Waals surface area contributed by atoms with Crippen molar-refractivity contribution in [1.29, 1.82) is 0 Å². The maximum Gasteiger partial charge on any atom is 0.150 e. The van der Waals surface area contributed by atoms with Crippen molar-refractivity contribution in [2.45, 2.75) is 26.2 Å². The fourth-order valence-corrected chi connectivity index (χ4v) is 6.51. The van der Waals surface area contributed by atoms with Gasteiger partial charge in [0.15, 0.2) is 12.6 Å². The second kappa shape index (κ2) is 9.78. The molecule has 0 unspecified atom stereocenters. The van der Waals surface area contributed by atoms with Gasteiger partial charge in [0.1, 0.15) is 0 Å². The number of carbonyl (C=O) groups is 2. The Hall–Kier alpha value is -5.08. The third-order valence-electron chi connectivity index (χ3n) is 8.57. The van der Waals surface area contributed by atoms with Crippen LogP contribution in [0.1, 0.15) is 47.1 Å². The molecule has 42 heavy (non-hydrogen) atoms. The first kappa shape index (κ1) is 25.9. The summed E-state index contributed by atoms with van der Waals surface area (Å²) in [5, 5.41) is 8.48. The van der Waals surface area contributed by atoms with Gasteiger partial charge in [0.05, 0.1) is 0 Å². The third-order valence-corrected chi connectivity index (χ3v) is 8.57. The SMILES string of the molecule is CC(C)(C)c1ccc2c(-c3c(C=O)ccc4ccccc34)c3ccccc3c(-c3c(C=O)ccc4ccccc34)c2c1. The highest BCUT2D eigenvalue weighted by molar-refractivity contribution is 6.27. The highest BCUT2D eigenvalue weighted by Gasteiger charge is 2.24. The molecule has 7 aromatic carbocycles. The number of fused-ring (bicyclic) bond motifs is 4. The van der Waals surface area contributed by atoms with Crippen molar-refractivity contribution < 1.29 is 9.59 Å². The van der Waals surface area contributed by atoms with Crippen LogP contribution in [0.15, 0.2) is 115 Å². The largest absolute Gasteiger partial charge is 0.298 e. The van der Waals surface area contributed by atoms with E-state index >= 15 is 0 Å². The molecule has 7 rings (SSSR count). The highest BCUT2D eigenvalue weighted by Crippen LogP contribution is 2.48. The molecule has 0 aromatic heterocycles. The fourth-order valence-electron chi connectivity index (χ4n) is 6.51. The first-order valence-corrected chi connectivity index (χ1v) is 14.3. The summed E-state index contributed by atoms with van der Waals surface area (Å²) in [6, 6.07) is 39.6. The minimum atomic E-state index is -0.0864. The van der Waals surface area contributed by atoms with Crippen molar-refractivity contribution in [1.82, 2.24) is 0 Å². The molecule has 0 bridgehead atoms. The Bertz CT molecular complexity index is 2210. The summed E-state index contributed by atoms with van der Waals surface area (Å²) in [5.74, 6) is 0. The molecule has 0 saturated heterocycles. The molecule has 0 atom stereocenters. The van der Waals surface area contributed by atoms with E-state index in [2.05, 4.69) is 87.5 Å². The Labute approximate surface area is 245 Å². The van der Waals surface area contributed by atoms with Crippen molar-refractivity contribution in [3.8, 4) is 22.3 Å². The summed E-state index contributed by atoms with van der Waals surface area (Å²) in [6.07, 6.45) is 1.94. The average Bonchev–Trinajstić information content (AvgIpc) is 3.02. The van der Waals surface area contributed by atoms with Crippen LogP contribution < -0.4 is 0 Å². The van der Waals surface area contributed by atoms with Crippen molar-refractivity contribution in [3.05, 3.63) is 132 Å². The lowest BCUT2D eigenvalue weighted by Crippen LogP contribution is -2.11. The van der Waals surface area contributed by atoms with E-state index in [0.717, 1.165) is 77.9 Å². The molecule has 0 N–H and O–H groups in total. The predicted octanol–water partition coefficient (Wildman–Crippen LogP) is 10.6. The molecule has 0 saturated carbocycles. The molecular formula is C40H30O2. The van der Waals surface area contributed by atoms with E-state index in [1.54, 1.807) is 0 Å². The smallest absolute Gasteiger partial charge is 0.150 e. The molecule has 0 fully saturated rings. The first-order valence-electron chi connectivity index (χ1n) is 14.3. The van der Waals surface area contributed by atoms with Gasteiger partial charge in [0, 0.05) is 22.3 Å². The highest BCUT2D eigenvalue weighted by atomic mass is 16.1. The zero-order chi connectivity index (χ0) is 29.0. The number of aldehydes is 2. The summed E-state index contributed by atoms with van der Waals surface area (Å²) in [7, 11) is 0. The lowest BCUT2D eigenvalue weighted by atomic mass is 9.79. The van der Waals surface area contributed by atoms with Crippen molar-refractivity contribution in [2.24, 2.45) is 0 Å². The van der Waals surface area contributed by atoms with Gasteiger partial charge >= 0.3 is 0 Å². The minimum Gasteiger partial charge on any atom is -0.298 e. The van der Waals surface area contributed by atoms with Crippen LogP contribution >= 0.6 is 0 Å². The quantitative estimate of drug-likeness (QED) is 0.164. The van der Waals surface area contributed by atoms with E-state index in [4.69, 9.17) is 0 Å². The monoisotopic (exact) mass is 542 g/mol. The standard InChI is InChI=1S/C40H30O2/c1-40(2,3)29-20-21-34-35(22-29)39(37-28(24-42)19-17-26-11-5-7-13-31(26)37)33-15-9-8-14-32(33)38(34)36-27(23-41)18-16-25-10-4-6-12-30(25)36/h4-24H,1-3H3. The summed E-state index contributed by atoms with van der Waals surface area (Å²) < 4.78 is 0. The van der Waals surface area contributed by atoms with Gasteiger partial charge in [0.2, 0.25) is 0 Å². The van der Waals surface area contributed by atoms with E-state index in [1.165, 1.54) is 5.56 Å². The number of carbonyl (C=O) groups excluding carboxylic acids is 2. The molecule has 0 radical (unpaired) electrons. The Balaban J connectivity index is 1.78. The van der Waals surface area contributed by atoms with Crippen LogP contribution in [0.3, 0.4) is 0 Å². The van der Waals surface area contributed by atoms with E-state index in [9.17, 15) is 9.59 Å². The molecule has 202 valence electrons. The number of benzene rings is 7. The molecule has 0 aliphatic carbocycles. The second-order valence-corrected chi connectivity index (χ2v) is 12.0. The molecule has 2 heteroatoms. The average molecular weight is 543 g/mol. The molecule has 0 heterocycles. The maximum absolute atomic E-state index is 12.6. The van der Waals surface area contributed by atoms with Crippen LogP contribution in [0, 0.1) is 0 Å². The Morgan fingerprint density at radius 3 is 1.33 bits per heavy atom. The number of hydrogen-bond acceptors (Lipinski definition) is 2. The normalized spacial score (nSPS) is 11.9. The lowest BCUT2D eigenvalue weighted by molar-refractivity contribution is 0.111. The third kappa shape index (κ3) is 3.94. The van der Waals surface area contributed by atoms with Crippen LogP contribution in [0.2, 0.25) is 0 Å². The van der Waals surface area contributed by atoms with Gasteiger partial charge in [-0.05, 0) is 71.3 Å². The second-order valence-electron chi connectivity index (χ2n) is 12.0. The minimum absolute atomic E-state index is 0.0864. The van der Waals surface area contributed by atoms with Crippen LogP contribution in [-0.2, 0) is 5.41 Å². The van der Waals surface area contributed by atoms with Gasteiger partial charge in [-0.25, -0.2) is 0 Å². The molecular weight excluding hydrogens is 512 g/mol. The molecule has 0 aliphatic rings. The molecule has 0 amide bonds. The first-order chi connectivity index (χ1) is 20.4. The summed E-state index contributed by atoms with van der Waals surface area (Å²) in [5.41, 5.74) is 6.40. The van der Waals surface area contributed by atoms with Gasteiger partial charge in [-0.15, -0.1) is 0 Å². The molecule has 0 aliphatic heterocycles. The van der Waals surface area contributed by atoms with E-state index in [-0.39, 0.29) is 5.41 Å². The molecule has 7 aromatic rings. The summed E-state index contributed by atoms with van der Waals surface area (Å²) in [6.45, 7) is 6.67. The summed E-state index contributed by atoms with van der Waals surface area (Å²) in [4.78, 5) is 25.2. The Kier molecular flexibility index (Phi) is 6.02. The van der Waals surface area contributed by atoms with Crippen molar-refractivity contribution in [3.63, 3.8) is 0 Å². The molecule has 2 nitrogen and oxygen atoms in total. The fraction of sp³-hybridized carbons (Fsp3) is 0.100. The van der Waals surface area contributed by atoms with Crippen LogP contribution in [0.4, 0.5) is 0 Å².